The van der Waals surface area contributed by atoms with Gasteiger partial charge in [0.15, 0.2) is 0 Å². The molecule has 0 unspecified atom stereocenters. The summed E-state index contributed by atoms with van der Waals surface area (Å²) in [4.78, 5) is 14.5. The minimum atomic E-state index is 0.417. The molecule has 4 nitrogen and oxygen atoms in total. The number of fused-ring (bicyclic) bond motifs is 3. The number of pyridine rings is 2. The first-order valence-electron chi connectivity index (χ1n) is 13.6. The van der Waals surface area contributed by atoms with Crippen molar-refractivity contribution in [3.8, 4) is 22.3 Å². The van der Waals surface area contributed by atoms with E-state index in [9.17, 15) is 0 Å². The van der Waals surface area contributed by atoms with E-state index >= 15 is 0 Å². The van der Waals surface area contributed by atoms with E-state index in [2.05, 4.69) is 110 Å². The molecule has 2 aromatic heterocycles. The van der Waals surface area contributed by atoms with Crippen LogP contribution in [0.25, 0.3) is 44.1 Å². The van der Waals surface area contributed by atoms with Gasteiger partial charge >= 0.3 is 0 Å². The number of aromatic nitrogens is 2. The number of hydrogen-bond donors (Lipinski definition) is 0. The number of rotatable bonds is 4. The molecule has 4 heteroatoms. The molecule has 7 rings (SSSR count). The van der Waals surface area contributed by atoms with Crippen LogP contribution < -0.4 is 9.80 Å². The summed E-state index contributed by atoms with van der Waals surface area (Å²) in [6.45, 7) is 13.8. The van der Waals surface area contributed by atoms with E-state index in [-0.39, 0.29) is 0 Å². The largest absolute Gasteiger partial charge is 0.370 e. The number of nitrogens with zero attached hydrogens (tertiary/aromatic N) is 4. The van der Waals surface area contributed by atoms with Crippen molar-refractivity contribution in [3.05, 3.63) is 85.2 Å². The number of hydrogen-bond acceptors (Lipinski definition) is 4. The zero-order chi connectivity index (χ0) is 26.1. The second kappa shape index (κ2) is 8.29. The highest BCUT2D eigenvalue weighted by Crippen LogP contribution is 2.38. The summed E-state index contributed by atoms with van der Waals surface area (Å²) in [5, 5.41) is 2.27. The van der Waals surface area contributed by atoms with Crippen molar-refractivity contribution in [1.82, 2.24) is 9.97 Å². The van der Waals surface area contributed by atoms with Crippen LogP contribution in [0.1, 0.15) is 27.7 Å². The van der Waals surface area contributed by atoms with Crippen LogP contribution in [-0.4, -0.2) is 36.1 Å². The summed E-state index contributed by atoms with van der Waals surface area (Å²) in [5.41, 5.74) is 10.1. The van der Waals surface area contributed by atoms with Gasteiger partial charge in [-0.05, 0) is 69.5 Å². The molecule has 0 aliphatic carbocycles. The van der Waals surface area contributed by atoms with Crippen molar-refractivity contribution in [1.29, 1.82) is 0 Å². The van der Waals surface area contributed by atoms with Crippen molar-refractivity contribution in [2.45, 2.75) is 27.7 Å². The van der Waals surface area contributed by atoms with Crippen LogP contribution in [0.3, 0.4) is 0 Å². The fourth-order valence-electron chi connectivity index (χ4n) is 6.37. The molecule has 5 aromatic rings. The van der Waals surface area contributed by atoms with Gasteiger partial charge in [-0.2, -0.15) is 0 Å². The Balaban J connectivity index is 1.23. The number of anilines is 2. The van der Waals surface area contributed by atoms with Gasteiger partial charge in [-0.15, -0.1) is 0 Å². The first-order chi connectivity index (χ1) is 18.3. The Kier molecular flexibility index (Phi) is 5.07. The van der Waals surface area contributed by atoms with Gasteiger partial charge in [0.05, 0.1) is 11.0 Å². The third-order valence-electron chi connectivity index (χ3n) is 8.18. The fourth-order valence-corrected chi connectivity index (χ4v) is 6.37. The summed E-state index contributed by atoms with van der Waals surface area (Å²) in [7, 11) is 0. The predicted octanol–water partition coefficient (Wildman–Crippen LogP) is 7.81. The quantitative estimate of drug-likeness (QED) is 0.237. The van der Waals surface area contributed by atoms with E-state index in [1.54, 1.807) is 0 Å². The van der Waals surface area contributed by atoms with Crippen molar-refractivity contribution in [2.24, 2.45) is 10.8 Å². The highest BCUT2D eigenvalue weighted by molar-refractivity contribution is 6.11. The van der Waals surface area contributed by atoms with Gasteiger partial charge in [-0.3, -0.25) is 9.97 Å². The third-order valence-corrected chi connectivity index (χ3v) is 8.18. The van der Waals surface area contributed by atoms with Gasteiger partial charge in [0.2, 0.25) is 0 Å². The molecular weight excluding hydrogens is 464 g/mol. The predicted molar refractivity (Wildman–Crippen MR) is 160 cm³/mol. The van der Waals surface area contributed by atoms with E-state index in [1.807, 2.05) is 12.4 Å². The zero-order valence-corrected chi connectivity index (χ0v) is 22.7. The average molecular weight is 499 g/mol. The second-order valence-corrected chi connectivity index (χ2v) is 12.7. The van der Waals surface area contributed by atoms with E-state index in [1.165, 1.54) is 33.6 Å². The molecule has 0 spiro atoms. The topological polar surface area (TPSA) is 32.3 Å². The van der Waals surface area contributed by atoms with E-state index in [0.717, 1.165) is 48.0 Å². The average Bonchev–Trinajstić information content (AvgIpc) is 2.90. The highest BCUT2D eigenvalue weighted by Gasteiger charge is 2.34. The molecule has 0 amide bonds. The molecule has 2 aliphatic heterocycles. The van der Waals surface area contributed by atoms with E-state index < -0.39 is 0 Å². The minimum Gasteiger partial charge on any atom is -0.370 e. The van der Waals surface area contributed by atoms with Crippen LogP contribution in [0, 0.1) is 10.8 Å². The molecule has 3 aromatic carbocycles. The Morgan fingerprint density at radius 2 is 0.868 bits per heavy atom. The van der Waals surface area contributed by atoms with E-state index in [4.69, 9.17) is 9.97 Å². The Morgan fingerprint density at radius 1 is 0.500 bits per heavy atom. The summed E-state index contributed by atoms with van der Waals surface area (Å²) < 4.78 is 0. The Bertz CT molecular complexity index is 1520. The van der Waals surface area contributed by atoms with Crippen LogP contribution in [0.2, 0.25) is 0 Å². The molecule has 0 saturated carbocycles. The summed E-state index contributed by atoms with van der Waals surface area (Å²) >= 11 is 0. The Labute approximate surface area is 225 Å². The van der Waals surface area contributed by atoms with Gasteiger partial charge in [0.25, 0.3) is 0 Å². The molecular formula is C34H34N4. The molecule has 2 saturated heterocycles. The Morgan fingerprint density at radius 3 is 1.21 bits per heavy atom. The molecule has 0 atom stereocenters. The minimum absolute atomic E-state index is 0.417. The lowest BCUT2D eigenvalue weighted by atomic mass is 9.84. The summed E-state index contributed by atoms with van der Waals surface area (Å²) in [5.74, 6) is 0. The van der Waals surface area contributed by atoms with Gasteiger partial charge in [0, 0.05) is 60.7 Å². The van der Waals surface area contributed by atoms with Gasteiger partial charge in [0.1, 0.15) is 0 Å². The molecule has 0 bridgehead atoms. The van der Waals surface area contributed by atoms with Crippen molar-refractivity contribution >= 4 is 33.2 Å². The Hall–Kier alpha value is -3.92. The van der Waals surface area contributed by atoms with Gasteiger partial charge in [-0.25, -0.2) is 0 Å². The first kappa shape index (κ1) is 23.2. The van der Waals surface area contributed by atoms with E-state index in [0.29, 0.717) is 10.8 Å². The molecule has 0 N–H and O–H groups in total. The van der Waals surface area contributed by atoms with Gasteiger partial charge < -0.3 is 9.80 Å². The molecule has 38 heavy (non-hydrogen) atoms. The van der Waals surface area contributed by atoms with Gasteiger partial charge in [-0.1, -0.05) is 64.1 Å². The molecule has 190 valence electrons. The summed E-state index contributed by atoms with van der Waals surface area (Å²) in [6.07, 6.45) is 3.83. The maximum atomic E-state index is 4.81. The summed E-state index contributed by atoms with van der Waals surface area (Å²) in [6, 6.07) is 26.6. The fraction of sp³-hybridized carbons (Fsp3) is 0.294. The van der Waals surface area contributed by atoms with Crippen LogP contribution in [-0.2, 0) is 0 Å². The zero-order valence-electron chi connectivity index (χ0n) is 22.7. The lowest BCUT2D eigenvalue weighted by Crippen LogP contribution is -2.53. The SMILES string of the molecule is CC1(C)CN(c2ccc(-c3ccnc4c3ccc3c(-c5ccc(N6CC(C)(C)C6)cc5)ccnc34)cc2)C1. The molecule has 2 aliphatic rings. The van der Waals surface area contributed by atoms with Crippen molar-refractivity contribution < 1.29 is 0 Å². The maximum absolute atomic E-state index is 4.81. The normalized spacial score (nSPS) is 17.9. The van der Waals surface area contributed by atoms with Crippen molar-refractivity contribution in [3.63, 3.8) is 0 Å². The smallest absolute Gasteiger partial charge is 0.0970 e. The third kappa shape index (κ3) is 3.91. The van der Waals surface area contributed by atoms with Crippen LogP contribution in [0.15, 0.2) is 85.2 Å². The highest BCUT2D eigenvalue weighted by atomic mass is 15.2. The standard InChI is InChI=1S/C34H34N4/c1-33(2)19-37(20-33)25-9-5-23(6-10-25)27-15-17-35-31-29(27)13-14-30-28(16-18-36-32(30)31)24-7-11-26(12-8-24)38-21-34(3,4)22-38/h5-18H,19-22H2,1-4H3. The van der Waals surface area contributed by atoms with Crippen LogP contribution >= 0.6 is 0 Å². The lowest BCUT2D eigenvalue weighted by molar-refractivity contribution is 0.276. The van der Waals surface area contributed by atoms with Crippen molar-refractivity contribution in [2.75, 3.05) is 36.0 Å². The van der Waals surface area contributed by atoms with Crippen LogP contribution in [0.4, 0.5) is 11.4 Å². The van der Waals surface area contributed by atoms with Crippen LogP contribution in [0.5, 0.6) is 0 Å². The molecule has 0 radical (unpaired) electrons. The first-order valence-corrected chi connectivity index (χ1v) is 13.6. The maximum Gasteiger partial charge on any atom is 0.0970 e. The lowest BCUT2D eigenvalue weighted by Gasteiger charge is -2.47. The second-order valence-electron chi connectivity index (χ2n) is 12.7. The molecule has 4 heterocycles. The monoisotopic (exact) mass is 498 g/mol. The number of benzene rings is 3. The molecule has 2 fully saturated rings.